The average molecular weight is 237 g/mol. The van der Waals surface area contributed by atoms with Crippen molar-refractivity contribution in [1.82, 2.24) is 0 Å². The third-order valence-corrected chi connectivity index (χ3v) is 3.04. The van der Waals surface area contributed by atoms with Crippen LogP contribution in [0.5, 0.6) is 5.75 Å². The molecule has 2 heteroatoms. The van der Waals surface area contributed by atoms with Crippen LogP contribution in [0.1, 0.15) is 11.1 Å². The van der Waals surface area contributed by atoms with Crippen LogP contribution < -0.4 is 4.74 Å². The predicted molar refractivity (Wildman–Crippen MR) is 70.9 cm³/mol. The lowest BCUT2D eigenvalue weighted by molar-refractivity contribution is 0.414. The Labute approximate surface area is 106 Å². The van der Waals surface area contributed by atoms with E-state index in [4.69, 9.17) is 9.15 Å². The minimum Gasteiger partial charge on any atom is -0.497 e. The van der Waals surface area contributed by atoms with E-state index in [-0.39, 0.29) is 0 Å². The SMILES string of the molecule is COc1ccc(Cc2[c]oc3ccccc23)cc1. The minimum atomic E-state index is 0.820. The maximum Gasteiger partial charge on any atom is 0.174 e. The van der Waals surface area contributed by atoms with Crippen LogP contribution in [-0.4, -0.2) is 7.11 Å². The molecule has 0 saturated heterocycles. The monoisotopic (exact) mass is 237 g/mol. The number of methoxy groups -OCH3 is 1. The van der Waals surface area contributed by atoms with Crippen LogP contribution >= 0.6 is 0 Å². The second-order valence-corrected chi connectivity index (χ2v) is 4.20. The van der Waals surface area contributed by atoms with Gasteiger partial charge in [-0.15, -0.1) is 0 Å². The first-order chi connectivity index (χ1) is 8.86. The van der Waals surface area contributed by atoms with Gasteiger partial charge in [0.05, 0.1) is 7.11 Å². The Balaban J connectivity index is 1.91. The van der Waals surface area contributed by atoms with Crippen molar-refractivity contribution in [3.05, 3.63) is 65.9 Å². The molecule has 89 valence electrons. The van der Waals surface area contributed by atoms with Gasteiger partial charge in [0.25, 0.3) is 0 Å². The number of furan rings is 1. The lowest BCUT2D eigenvalue weighted by Gasteiger charge is -2.02. The fraction of sp³-hybridized carbons (Fsp3) is 0.125. The molecule has 2 nitrogen and oxygen atoms in total. The van der Waals surface area contributed by atoms with E-state index in [1.54, 1.807) is 7.11 Å². The highest BCUT2D eigenvalue weighted by molar-refractivity contribution is 5.80. The third-order valence-electron chi connectivity index (χ3n) is 3.04. The first-order valence-electron chi connectivity index (χ1n) is 5.88. The zero-order chi connectivity index (χ0) is 12.4. The first-order valence-corrected chi connectivity index (χ1v) is 5.88. The molecule has 0 atom stereocenters. The Morgan fingerprint density at radius 2 is 1.83 bits per heavy atom. The number of hydrogen-bond acceptors (Lipinski definition) is 2. The molecule has 1 aromatic heterocycles. The standard InChI is InChI=1S/C16H13O2/c1-17-14-8-6-12(7-9-14)10-13-11-18-16-5-3-2-4-15(13)16/h2-9H,10H2,1H3. The summed E-state index contributed by atoms with van der Waals surface area (Å²) < 4.78 is 10.6. The Bertz CT molecular complexity index is 650. The molecule has 1 radical (unpaired) electrons. The highest BCUT2D eigenvalue weighted by Crippen LogP contribution is 2.23. The summed E-state index contributed by atoms with van der Waals surface area (Å²) in [6.45, 7) is 0. The van der Waals surface area contributed by atoms with E-state index < -0.39 is 0 Å². The summed E-state index contributed by atoms with van der Waals surface area (Å²) in [7, 11) is 1.67. The molecule has 18 heavy (non-hydrogen) atoms. The molecule has 0 fully saturated rings. The molecular weight excluding hydrogens is 224 g/mol. The lowest BCUT2D eigenvalue weighted by atomic mass is 10.0. The van der Waals surface area contributed by atoms with Crippen molar-refractivity contribution in [1.29, 1.82) is 0 Å². The van der Waals surface area contributed by atoms with E-state index in [1.165, 1.54) is 5.56 Å². The highest BCUT2D eigenvalue weighted by Gasteiger charge is 2.06. The summed E-state index contributed by atoms with van der Waals surface area (Å²) in [6, 6.07) is 16.1. The number of para-hydroxylation sites is 1. The molecule has 0 spiro atoms. The van der Waals surface area contributed by atoms with Gasteiger partial charge in [-0.3, -0.25) is 0 Å². The normalized spacial score (nSPS) is 10.7. The minimum absolute atomic E-state index is 0.820. The van der Waals surface area contributed by atoms with Crippen LogP contribution in [0.4, 0.5) is 0 Å². The van der Waals surface area contributed by atoms with E-state index in [2.05, 4.69) is 24.5 Å². The molecule has 0 saturated carbocycles. The quantitative estimate of drug-likeness (QED) is 0.690. The second-order valence-electron chi connectivity index (χ2n) is 4.20. The zero-order valence-corrected chi connectivity index (χ0v) is 10.1. The topological polar surface area (TPSA) is 22.4 Å². The van der Waals surface area contributed by atoms with Gasteiger partial charge in [0.1, 0.15) is 11.3 Å². The fourth-order valence-electron chi connectivity index (χ4n) is 2.06. The lowest BCUT2D eigenvalue weighted by Crippen LogP contribution is -1.88. The molecular formula is C16H13O2. The van der Waals surface area contributed by atoms with Crippen molar-refractivity contribution in [2.24, 2.45) is 0 Å². The van der Waals surface area contributed by atoms with Crippen LogP contribution in [0.3, 0.4) is 0 Å². The molecule has 0 aliphatic rings. The number of ether oxygens (including phenoxy) is 1. The van der Waals surface area contributed by atoms with Crippen LogP contribution in [-0.2, 0) is 6.42 Å². The van der Waals surface area contributed by atoms with Gasteiger partial charge in [-0.1, -0.05) is 30.3 Å². The van der Waals surface area contributed by atoms with E-state index in [0.717, 1.165) is 28.7 Å². The molecule has 0 aliphatic heterocycles. The number of rotatable bonds is 3. The molecule has 0 amide bonds. The first kappa shape index (κ1) is 10.9. The number of hydrogen-bond donors (Lipinski definition) is 0. The van der Waals surface area contributed by atoms with Gasteiger partial charge in [0, 0.05) is 17.4 Å². The van der Waals surface area contributed by atoms with Gasteiger partial charge in [-0.25, -0.2) is 0 Å². The molecule has 3 rings (SSSR count). The van der Waals surface area contributed by atoms with E-state index >= 15 is 0 Å². The summed E-state index contributed by atoms with van der Waals surface area (Å²) in [5.41, 5.74) is 3.20. The van der Waals surface area contributed by atoms with Gasteiger partial charge < -0.3 is 9.15 Å². The van der Waals surface area contributed by atoms with Crippen molar-refractivity contribution < 1.29 is 9.15 Å². The summed E-state index contributed by atoms with van der Waals surface area (Å²) in [5, 5.41) is 1.13. The largest absolute Gasteiger partial charge is 0.497 e. The highest BCUT2D eigenvalue weighted by atomic mass is 16.5. The average Bonchev–Trinajstić information content (AvgIpc) is 2.83. The van der Waals surface area contributed by atoms with E-state index in [0.29, 0.717) is 0 Å². The predicted octanol–water partition coefficient (Wildman–Crippen LogP) is 3.83. The van der Waals surface area contributed by atoms with Crippen molar-refractivity contribution in [2.45, 2.75) is 6.42 Å². The molecule has 0 N–H and O–H groups in total. The molecule has 0 bridgehead atoms. The number of benzene rings is 2. The Hall–Kier alpha value is -2.22. The maximum absolute atomic E-state index is 5.42. The van der Waals surface area contributed by atoms with E-state index in [9.17, 15) is 0 Å². The zero-order valence-electron chi connectivity index (χ0n) is 10.1. The number of fused-ring (bicyclic) bond motifs is 1. The van der Waals surface area contributed by atoms with Gasteiger partial charge in [0.2, 0.25) is 0 Å². The molecule has 2 aromatic carbocycles. The summed E-state index contributed by atoms with van der Waals surface area (Å²) in [5.74, 6) is 0.875. The molecule has 1 heterocycles. The summed E-state index contributed by atoms with van der Waals surface area (Å²) in [6.07, 6.45) is 3.80. The fourth-order valence-corrected chi connectivity index (χ4v) is 2.06. The van der Waals surface area contributed by atoms with Crippen LogP contribution in [0.25, 0.3) is 11.0 Å². The molecule has 0 aliphatic carbocycles. The van der Waals surface area contributed by atoms with Crippen molar-refractivity contribution in [3.63, 3.8) is 0 Å². The van der Waals surface area contributed by atoms with Gasteiger partial charge in [0.15, 0.2) is 6.26 Å². The molecule has 0 unspecified atom stereocenters. The van der Waals surface area contributed by atoms with Crippen LogP contribution in [0.2, 0.25) is 0 Å². The smallest absolute Gasteiger partial charge is 0.174 e. The summed E-state index contributed by atoms with van der Waals surface area (Å²) >= 11 is 0. The van der Waals surface area contributed by atoms with Crippen LogP contribution in [0.15, 0.2) is 52.9 Å². The third kappa shape index (κ3) is 1.97. The maximum atomic E-state index is 5.42. The Morgan fingerprint density at radius 3 is 2.61 bits per heavy atom. The van der Waals surface area contributed by atoms with Crippen molar-refractivity contribution in [2.75, 3.05) is 7.11 Å². The van der Waals surface area contributed by atoms with Crippen molar-refractivity contribution >= 4 is 11.0 Å². The van der Waals surface area contributed by atoms with Gasteiger partial charge in [-0.2, -0.15) is 0 Å². The van der Waals surface area contributed by atoms with E-state index in [1.807, 2.05) is 30.3 Å². The van der Waals surface area contributed by atoms with Crippen molar-refractivity contribution in [3.8, 4) is 5.75 Å². The summed E-state index contributed by atoms with van der Waals surface area (Å²) in [4.78, 5) is 0. The van der Waals surface area contributed by atoms with Crippen LogP contribution in [0, 0.1) is 6.26 Å². The Morgan fingerprint density at radius 1 is 1.06 bits per heavy atom. The second kappa shape index (κ2) is 4.57. The molecule has 3 aromatic rings. The van der Waals surface area contributed by atoms with Gasteiger partial charge in [-0.05, 0) is 23.8 Å². The Kier molecular flexibility index (Phi) is 2.77. The van der Waals surface area contributed by atoms with Gasteiger partial charge >= 0.3 is 0 Å².